The van der Waals surface area contributed by atoms with Crippen molar-refractivity contribution in [2.45, 2.75) is 0 Å². The van der Waals surface area contributed by atoms with E-state index in [1.165, 1.54) is 0 Å². The van der Waals surface area contributed by atoms with Gasteiger partial charge in [-0.05, 0) is 42.3 Å². The van der Waals surface area contributed by atoms with Crippen LogP contribution in [0.1, 0.15) is 0 Å². The second kappa shape index (κ2) is 13.0. The predicted molar refractivity (Wildman–Crippen MR) is 83.4 cm³/mol. The van der Waals surface area contributed by atoms with Crippen LogP contribution >= 0.6 is 0 Å². The van der Waals surface area contributed by atoms with Crippen LogP contribution in [0.2, 0.25) is 0 Å². The Balaban J connectivity index is 0. The standard InChI is InChI=1S/C12H30N4.C2H4/c1-13(2)7-9-15(5)11-12-16(6)10-8-14(3)4;1-2/h7-12H2,1-6H3;1-2H2. The van der Waals surface area contributed by atoms with Gasteiger partial charge in [0.1, 0.15) is 0 Å². The van der Waals surface area contributed by atoms with Crippen LogP contribution in [0.15, 0.2) is 13.2 Å². The monoisotopic (exact) mass is 258 g/mol. The molecule has 0 fully saturated rings. The van der Waals surface area contributed by atoms with Crippen LogP contribution in [0.3, 0.4) is 0 Å². The van der Waals surface area contributed by atoms with Crippen molar-refractivity contribution >= 4 is 0 Å². The first-order chi connectivity index (χ1) is 8.41. The smallest absolute Gasteiger partial charge is 0.0107 e. The lowest BCUT2D eigenvalue weighted by molar-refractivity contribution is 0.225. The Morgan fingerprint density at radius 2 is 0.722 bits per heavy atom. The third-order valence-corrected chi connectivity index (χ3v) is 2.72. The van der Waals surface area contributed by atoms with Gasteiger partial charge in [-0.3, -0.25) is 0 Å². The Morgan fingerprint density at radius 1 is 0.500 bits per heavy atom. The quantitative estimate of drug-likeness (QED) is 0.567. The first kappa shape index (κ1) is 19.9. The molecule has 0 aliphatic rings. The highest BCUT2D eigenvalue weighted by molar-refractivity contribution is 4.59. The average Bonchev–Trinajstić information content (AvgIpc) is 2.33. The molecule has 0 N–H and O–H groups in total. The molecule has 0 aromatic rings. The van der Waals surface area contributed by atoms with Gasteiger partial charge in [0.25, 0.3) is 0 Å². The van der Waals surface area contributed by atoms with Gasteiger partial charge in [-0.25, -0.2) is 0 Å². The van der Waals surface area contributed by atoms with Crippen molar-refractivity contribution in [2.75, 3.05) is 81.6 Å². The number of hydrogen-bond donors (Lipinski definition) is 0. The third kappa shape index (κ3) is 15.6. The number of likely N-dealkylation sites (N-methyl/N-ethyl adjacent to an activating group) is 4. The van der Waals surface area contributed by atoms with E-state index in [0.29, 0.717) is 0 Å². The molecule has 0 unspecified atom stereocenters. The van der Waals surface area contributed by atoms with Crippen LogP contribution < -0.4 is 0 Å². The highest BCUT2D eigenvalue weighted by Gasteiger charge is 2.02. The van der Waals surface area contributed by atoms with Gasteiger partial charge < -0.3 is 19.6 Å². The first-order valence-corrected chi connectivity index (χ1v) is 6.58. The maximum atomic E-state index is 3.00. The molecule has 0 aliphatic heterocycles. The van der Waals surface area contributed by atoms with E-state index in [-0.39, 0.29) is 0 Å². The van der Waals surface area contributed by atoms with Gasteiger partial charge in [-0.2, -0.15) is 0 Å². The molecule has 0 rings (SSSR count). The second-order valence-corrected chi connectivity index (χ2v) is 5.21. The van der Waals surface area contributed by atoms with Crippen LogP contribution in [0.5, 0.6) is 0 Å². The fourth-order valence-corrected chi connectivity index (χ4v) is 1.31. The molecule has 0 heterocycles. The predicted octanol–water partition coefficient (Wildman–Crippen LogP) is 0.775. The Morgan fingerprint density at radius 3 is 0.944 bits per heavy atom. The summed E-state index contributed by atoms with van der Waals surface area (Å²) in [5.41, 5.74) is 0. The number of hydrogen-bond acceptors (Lipinski definition) is 4. The van der Waals surface area contributed by atoms with Crippen LogP contribution in [-0.4, -0.2) is 101 Å². The molecule has 4 heteroatoms. The molecule has 0 bridgehead atoms. The van der Waals surface area contributed by atoms with Crippen LogP contribution in [0.25, 0.3) is 0 Å². The molecule has 0 aromatic heterocycles. The fourth-order valence-electron chi connectivity index (χ4n) is 1.31. The third-order valence-electron chi connectivity index (χ3n) is 2.72. The van der Waals surface area contributed by atoms with Gasteiger partial charge in [0.2, 0.25) is 0 Å². The zero-order chi connectivity index (χ0) is 14.6. The van der Waals surface area contributed by atoms with Crippen LogP contribution in [0, 0.1) is 0 Å². The zero-order valence-electron chi connectivity index (χ0n) is 13.4. The van der Waals surface area contributed by atoms with E-state index in [2.05, 4.69) is 75.0 Å². The lowest BCUT2D eigenvalue weighted by Crippen LogP contribution is -2.37. The summed E-state index contributed by atoms with van der Waals surface area (Å²) in [6, 6.07) is 0. The van der Waals surface area contributed by atoms with Crippen molar-refractivity contribution in [1.82, 2.24) is 19.6 Å². The van der Waals surface area contributed by atoms with E-state index in [1.54, 1.807) is 0 Å². The lowest BCUT2D eigenvalue weighted by atomic mass is 10.4. The maximum Gasteiger partial charge on any atom is 0.0107 e. The molecule has 110 valence electrons. The normalized spacial score (nSPS) is 11.2. The van der Waals surface area contributed by atoms with Gasteiger partial charge in [0.15, 0.2) is 0 Å². The molecule has 18 heavy (non-hydrogen) atoms. The Kier molecular flexibility index (Phi) is 14.4. The molecular weight excluding hydrogens is 224 g/mol. The summed E-state index contributed by atoms with van der Waals surface area (Å²) in [6.45, 7) is 12.9. The largest absolute Gasteiger partial charge is 0.308 e. The Hall–Kier alpha value is -0.420. The average molecular weight is 258 g/mol. The minimum atomic E-state index is 1.14. The zero-order valence-corrected chi connectivity index (χ0v) is 13.4. The summed E-state index contributed by atoms with van der Waals surface area (Å²) in [5.74, 6) is 0. The molecule has 0 radical (unpaired) electrons. The molecule has 0 aromatic carbocycles. The fraction of sp³-hybridized carbons (Fsp3) is 0.857. The van der Waals surface area contributed by atoms with Crippen molar-refractivity contribution in [3.8, 4) is 0 Å². The Labute approximate surface area is 115 Å². The van der Waals surface area contributed by atoms with Crippen molar-refractivity contribution in [3.05, 3.63) is 13.2 Å². The molecule has 0 amide bonds. The molecule has 0 saturated carbocycles. The van der Waals surface area contributed by atoms with Crippen LogP contribution in [0.4, 0.5) is 0 Å². The topological polar surface area (TPSA) is 13.0 Å². The highest BCUT2D eigenvalue weighted by atomic mass is 15.2. The van der Waals surface area contributed by atoms with Gasteiger partial charge in [-0.15, -0.1) is 13.2 Å². The lowest BCUT2D eigenvalue weighted by Gasteiger charge is -2.24. The summed E-state index contributed by atoms with van der Waals surface area (Å²) >= 11 is 0. The number of rotatable bonds is 9. The number of nitrogens with zero attached hydrogens (tertiary/aromatic N) is 4. The van der Waals surface area contributed by atoms with E-state index in [4.69, 9.17) is 0 Å². The molecule has 4 nitrogen and oxygen atoms in total. The Bertz CT molecular complexity index is 153. The molecule has 0 spiro atoms. The summed E-state index contributed by atoms with van der Waals surface area (Å²) in [4.78, 5) is 9.25. The molecule has 0 atom stereocenters. The second-order valence-electron chi connectivity index (χ2n) is 5.21. The highest BCUT2D eigenvalue weighted by Crippen LogP contribution is 1.88. The van der Waals surface area contributed by atoms with E-state index in [9.17, 15) is 0 Å². The first-order valence-electron chi connectivity index (χ1n) is 6.58. The molecule has 0 saturated heterocycles. The summed E-state index contributed by atoms with van der Waals surface area (Å²) in [5, 5.41) is 0. The van der Waals surface area contributed by atoms with Gasteiger partial charge >= 0.3 is 0 Å². The van der Waals surface area contributed by atoms with E-state index in [0.717, 1.165) is 39.3 Å². The van der Waals surface area contributed by atoms with Crippen molar-refractivity contribution < 1.29 is 0 Å². The maximum absolute atomic E-state index is 3.00. The van der Waals surface area contributed by atoms with Gasteiger partial charge in [0, 0.05) is 39.3 Å². The minimum absolute atomic E-state index is 1.14. The van der Waals surface area contributed by atoms with Crippen molar-refractivity contribution in [3.63, 3.8) is 0 Å². The molecule has 0 aliphatic carbocycles. The molecular formula is C14H34N4. The van der Waals surface area contributed by atoms with E-state index >= 15 is 0 Å². The van der Waals surface area contributed by atoms with Gasteiger partial charge in [0.05, 0.1) is 0 Å². The van der Waals surface area contributed by atoms with Crippen molar-refractivity contribution in [2.24, 2.45) is 0 Å². The summed E-state index contributed by atoms with van der Waals surface area (Å²) in [7, 11) is 12.9. The van der Waals surface area contributed by atoms with E-state index in [1.807, 2.05) is 0 Å². The van der Waals surface area contributed by atoms with E-state index < -0.39 is 0 Å². The summed E-state index contributed by atoms with van der Waals surface area (Å²) < 4.78 is 0. The summed E-state index contributed by atoms with van der Waals surface area (Å²) in [6.07, 6.45) is 0. The minimum Gasteiger partial charge on any atom is -0.308 e. The SMILES string of the molecule is C=C.CN(C)CCN(C)CCN(C)CCN(C)C. The van der Waals surface area contributed by atoms with Gasteiger partial charge in [-0.1, -0.05) is 0 Å². The van der Waals surface area contributed by atoms with Crippen LogP contribution in [-0.2, 0) is 0 Å². The van der Waals surface area contributed by atoms with Crippen molar-refractivity contribution in [1.29, 1.82) is 0 Å².